The van der Waals surface area contributed by atoms with E-state index >= 15 is 0 Å². The average Bonchev–Trinajstić information content (AvgIpc) is 1.97. The van der Waals surface area contributed by atoms with E-state index in [0.717, 1.165) is 11.1 Å². The first-order chi connectivity index (χ1) is 5.04. The molecule has 0 heterocycles. The van der Waals surface area contributed by atoms with E-state index in [1.54, 1.807) is 0 Å². The normalized spacial score (nSPS) is 10.2. The maximum atomic E-state index is 5.88. The highest BCUT2D eigenvalue weighted by atomic mass is 35.5. The zero-order valence-corrected chi connectivity index (χ0v) is 7.92. The largest absolute Gasteiger partial charge is 0.397 e. The molecule has 0 aromatic heterocycles. The summed E-state index contributed by atoms with van der Waals surface area (Å²) in [6, 6.07) is 1.82. The Kier molecular flexibility index (Phi) is 2.31. The van der Waals surface area contributed by atoms with Crippen molar-refractivity contribution in [2.75, 3.05) is 5.73 Å². The molecule has 0 aliphatic rings. The number of nitrogens with two attached hydrogens (primary N) is 1. The smallest absolute Gasteiger partial charge is 0.0682 e. The molecule has 0 bridgehead atoms. The third-order valence-electron chi connectivity index (χ3n) is 1.69. The van der Waals surface area contributed by atoms with E-state index in [0.29, 0.717) is 15.7 Å². The van der Waals surface area contributed by atoms with Crippen molar-refractivity contribution < 1.29 is 0 Å². The van der Waals surface area contributed by atoms with Gasteiger partial charge < -0.3 is 5.73 Å². The molecular formula is C8H9Cl2N. The summed E-state index contributed by atoms with van der Waals surface area (Å²) in [6.45, 7) is 3.73. The molecule has 0 atom stereocenters. The zero-order valence-electron chi connectivity index (χ0n) is 6.41. The Hall–Kier alpha value is -0.400. The predicted octanol–water partition coefficient (Wildman–Crippen LogP) is 3.19. The summed E-state index contributed by atoms with van der Waals surface area (Å²) in [5, 5.41) is 1.23. The van der Waals surface area contributed by atoms with E-state index in [2.05, 4.69) is 0 Å². The molecule has 3 heteroatoms. The van der Waals surface area contributed by atoms with Gasteiger partial charge in [-0.3, -0.25) is 0 Å². The minimum Gasteiger partial charge on any atom is -0.397 e. The molecule has 1 aromatic rings. The molecule has 0 saturated carbocycles. The summed E-state index contributed by atoms with van der Waals surface area (Å²) in [5.74, 6) is 0. The van der Waals surface area contributed by atoms with Crippen LogP contribution in [0.25, 0.3) is 0 Å². The number of aryl methyl sites for hydroxylation is 1. The lowest BCUT2D eigenvalue weighted by molar-refractivity contribution is 1.40. The van der Waals surface area contributed by atoms with Gasteiger partial charge in [0.05, 0.1) is 10.7 Å². The van der Waals surface area contributed by atoms with Crippen LogP contribution in [-0.4, -0.2) is 0 Å². The molecule has 1 nitrogen and oxygen atoms in total. The highest BCUT2D eigenvalue weighted by molar-refractivity contribution is 6.37. The van der Waals surface area contributed by atoms with Gasteiger partial charge in [0.2, 0.25) is 0 Å². The summed E-state index contributed by atoms with van der Waals surface area (Å²) in [4.78, 5) is 0. The van der Waals surface area contributed by atoms with Crippen LogP contribution >= 0.6 is 23.2 Å². The van der Waals surface area contributed by atoms with Crippen molar-refractivity contribution in [2.24, 2.45) is 0 Å². The van der Waals surface area contributed by atoms with Crippen molar-refractivity contribution in [2.45, 2.75) is 13.8 Å². The number of rotatable bonds is 0. The summed E-state index contributed by atoms with van der Waals surface area (Å²) in [6.07, 6.45) is 0. The van der Waals surface area contributed by atoms with Gasteiger partial charge in [-0.15, -0.1) is 0 Å². The fourth-order valence-electron chi connectivity index (χ4n) is 0.856. The molecular weight excluding hydrogens is 181 g/mol. The molecule has 2 N–H and O–H groups in total. The van der Waals surface area contributed by atoms with Gasteiger partial charge in [0.1, 0.15) is 0 Å². The highest BCUT2D eigenvalue weighted by Crippen LogP contribution is 2.31. The van der Waals surface area contributed by atoms with Crippen molar-refractivity contribution in [1.29, 1.82) is 0 Å². The minimum atomic E-state index is 0.565. The number of hydrogen-bond acceptors (Lipinski definition) is 1. The molecule has 1 rings (SSSR count). The maximum Gasteiger partial charge on any atom is 0.0682 e. The molecule has 1 aromatic carbocycles. The number of anilines is 1. The quantitative estimate of drug-likeness (QED) is 0.624. The second-order valence-electron chi connectivity index (χ2n) is 2.53. The summed E-state index contributed by atoms with van der Waals surface area (Å²) < 4.78 is 0. The zero-order chi connectivity index (χ0) is 8.59. The first-order valence-corrected chi connectivity index (χ1v) is 4.00. The Morgan fingerprint density at radius 1 is 1.27 bits per heavy atom. The van der Waals surface area contributed by atoms with Gasteiger partial charge in [-0.2, -0.15) is 0 Å². The summed E-state index contributed by atoms with van der Waals surface area (Å²) in [7, 11) is 0. The van der Waals surface area contributed by atoms with Crippen LogP contribution in [0.4, 0.5) is 5.69 Å². The molecule has 60 valence electrons. The van der Waals surface area contributed by atoms with Crippen LogP contribution in [0.3, 0.4) is 0 Å². The van der Waals surface area contributed by atoms with Crippen LogP contribution < -0.4 is 5.73 Å². The van der Waals surface area contributed by atoms with E-state index in [4.69, 9.17) is 28.9 Å². The van der Waals surface area contributed by atoms with Crippen LogP contribution in [-0.2, 0) is 0 Å². The molecule has 0 saturated heterocycles. The lowest BCUT2D eigenvalue weighted by Gasteiger charge is -2.07. The predicted molar refractivity (Wildman–Crippen MR) is 50.3 cm³/mol. The standard InChI is InChI=1S/C8H9Cl2N/c1-4-3-6(9)5(2)7(10)8(4)11/h3H,11H2,1-2H3. The van der Waals surface area contributed by atoms with E-state index in [1.807, 2.05) is 19.9 Å². The first-order valence-electron chi connectivity index (χ1n) is 3.24. The Morgan fingerprint density at radius 2 is 1.82 bits per heavy atom. The SMILES string of the molecule is Cc1cc(Cl)c(C)c(Cl)c1N. The second-order valence-corrected chi connectivity index (χ2v) is 3.31. The molecule has 0 fully saturated rings. The summed E-state index contributed by atoms with van der Waals surface area (Å²) in [5.41, 5.74) is 8.05. The Labute approximate surface area is 76.1 Å². The van der Waals surface area contributed by atoms with Gasteiger partial charge in [-0.1, -0.05) is 23.2 Å². The maximum absolute atomic E-state index is 5.88. The number of nitrogen functional groups attached to an aromatic ring is 1. The van der Waals surface area contributed by atoms with Gasteiger partial charge >= 0.3 is 0 Å². The van der Waals surface area contributed by atoms with E-state index in [1.165, 1.54) is 0 Å². The number of halogens is 2. The van der Waals surface area contributed by atoms with Crippen LogP contribution in [0.2, 0.25) is 10.0 Å². The molecule has 0 radical (unpaired) electrons. The number of hydrogen-bond donors (Lipinski definition) is 1. The lowest BCUT2D eigenvalue weighted by atomic mass is 10.1. The van der Waals surface area contributed by atoms with Gasteiger partial charge in [0.25, 0.3) is 0 Å². The Morgan fingerprint density at radius 3 is 2.36 bits per heavy atom. The van der Waals surface area contributed by atoms with E-state index < -0.39 is 0 Å². The molecule has 11 heavy (non-hydrogen) atoms. The first kappa shape index (κ1) is 8.69. The summed E-state index contributed by atoms with van der Waals surface area (Å²) >= 11 is 11.7. The molecule has 0 spiro atoms. The van der Waals surface area contributed by atoms with Crippen molar-refractivity contribution >= 4 is 28.9 Å². The third kappa shape index (κ3) is 1.44. The highest BCUT2D eigenvalue weighted by Gasteiger charge is 2.06. The van der Waals surface area contributed by atoms with Gasteiger partial charge in [-0.05, 0) is 31.0 Å². The molecule has 0 aliphatic heterocycles. The minimum absolute atomic E-state index is 0.565. The Balaban J connectivity index is 3.46. The second kappa shape index (κ2) is 2.92. The Bertz CT molecular complexity index is 268. The fraction of sp³-hybridized carbons (Fsp3) is 0.250. The van der Waals surface area contributed by atoms with Crippen LogP contribution in [0, 0.1) is 13.8 Å². The van der Waals surface area contributed by atoms with Gasteiger partial charge in [0, 0.05) is 5.02 Å². The average molecular weight is 190 g/mol. The van der Waals surface area contributed by atoms with Crippen molar-refractivity contribution in [3.05, 3.63) is 27.2 Å². The molecule has 0 aliphatic carbocycles. The van der Waals surface area contributed by atoms with Crippen molar-refractivity contribution in [3.63, 3.8) is 0 Å². The van der Waals surface area contributed by atoms with Crippen molar-refractivity contribution in [1.82, 2.24) is 0 Å². The fourth-order valence-corrected chi connectivity index (χ4v) is 1.41. The van der Waals surface area contributed by atoms with Crippen molar-refractivity contribution in [3.8, 4) is 0 Å². The molecule has 0 amide bonds. The van der Waals surface area contributed by atoms with Gasteiger partial charge in [-0.25, -0.2) is 0 Å². The van der Waals surface area contributed by atoms with E-state index in [9.17, 15) is 0 Å². The van der Waals surface area contributed by atoms with Crippen LogP contribution in [0.1, 0.15) is 11.1 Å². The lowest BCUT2D eigenvalue weighted by Crippen LogP contribution is -1.93. The van der Waals surface area contributed by atoms with Gasteiger partial charge in [0.15, 0.2) is 0 Å². The van der Waals surface area contributed by atoms with E-state index in [-0.39, 0.29) is 0 Å². The van der Waals surface area contributed by atoms with Crippen LogP contribution in [0.5, 0.6) is 0 Å². The monoisotopic (exact) mass is 189 g/mol. The third-order valence-corrected chi connectivity index (χ3v) is 2.57. The van der Waals surface area contributed by atoms with Crippen LogP contribution in [0.15, 0.2) is 6.07 Å². The molecule has 0 unspecified atom stereocenters. The number of benzene rings is 1. The topological polar surface area (TPSA) is 26.0 Å².